The third-order valence-electron chi connectivity index (χ3n) is 2.23. The van der Waals surface area contributed by atoms with Gasteiger partial charge in [0.2, 0.25) is 5.91 Å². The van der Waals surface area contributed by atoms with Crippen molar-refractivity contribution in [2.45, 2.75) is 26.7 Å². The fourth-order valence-corrected chi connectivity index (χ4v) is 2.13. The molecule has 1 aromatic rings. The first kappa shape index (κ1) is 13.0. The highest BCUT2D eigenvalue weighted by Crippen LogP contribution is 2.10. The van der Waals surface area contributed by atoms with Crippen LogP contribution in [0, 0.1) is 0 Å². The summed E-state index contributed by atoms with van der Waals surface area (Å²) in [5.74, 6) is 0.122. The highest BCUT2D eigenvalue weighted by Gasteiger charge is 2.07. The van der Waals surface area contributed by atoms with Crippen molar-refractivity contribution in [3.63, 3.8) is 0 Å². The number of carbonyl (C=O) groups is 1. The van der Waals surface area contributed by atoms with Crippen molar-refractivity contribution in [2.24, 2.45) is 0 Å². The first-order chi connectivity index (χ1) is 7.77. The molecule has 0 aliphatic rings. The lowest BCUT2D eigenvalue weighted by molar-refractivity contribution is -0.126. The van der Waals surface area contributed by atoms with Crippen LogP contribution in [0.15, 0.2) is 23.6 Å². The van der Waals surface area contributed by atoms with E-state index in [0.29, 0.717) is 0 Å². The summed E-state index contributed by atoms with van der Waals surface area (Å²) in [7, 11) is 0. The number of amides is 1. The molecule has 1 rings (SSSR count). The van der Waals surface area contributed by atoms with Crippen LogP contribution in [0.4, 0.5) is 0 Å². The molecule has 16 heavy (non-hydrogen) atoms. The van der Waals surface area contributed by atoms with E-state index in [2.05, 4.69) is 13.8 Å². The van der Waals surface area contributed by atoms with E-state index in [4.69, 9.17) is 0 Å². The zero-order valence-corrected chi connectivity index (χ0v) is 10.8. The fourth-order valence-electron chi connectivity index (χ4n) is 1.52. The molecule has 0 fully saturated rings. The van der Waals surface area contributed by atoms with Gasteiger partial charge >= 0.3 is 0 Å². The van der Waals surface area contributed by atoms with Gasteiger partial charge in [0.05, 0.1) is 0 Å². The maximum atomic E-state index is 11.9. The third-order valence-corrected chi connectivity index (χ3v) is 3.07. The van der Waals surface area contributed by atoms with E-state index in [0.717, 1.165) is 30.8 Å². The summed E-state index contributed by atoms with van der Waals surface area (Å²) in [5.41, 5.74) is 0. The molecule has 88 valence electrons. The molecular formula is C13H19NOS. The molecule has 0 atom stereocenters. The van der Waals surface area contributed by atoms with Gasteiger partial charge in [-0.3, -0.25) is 4.79 Å². The van der Waals surface area contributed by atoms with E-state index in [1.807, 2.05) is 28.5 Å². The molecule has 3 heteroatoms. The number of rotatable bonds is 6. The Morgan fingerprint density at radius 2 is 2.06 bits per heavy atom. The molecule has 0 unspecified atom stereocenters. The Morgan fingerprint density at radius 3 is 2.56 bits per heavy atom. The molecule has 0 aromatic carbocycles. The minimum Gasteiger partial charge on any atom is -0.339 e. The van der Waals surface area contributed by atoms with E-state index >= 15 is 0 Å². The average Bonchev–Trinajstić information content (AvgIpc) is 2.78. The van der Waals surface area contributed by atoms with Crippen molar-refractivity contribution in [3.05, 3.63) is 28.5 Å². The minimum atomic E-state index is 0.122. The van der Waals surface area contributed by atoms with Gasteiger partial charge in [-0.15, -0.1) is 11.3 Å². The van der Waals surface area contributed by atoms with Crippen LogP contribution in [-0.4, -0.2) is 23.9 Å². The highest BCUT2D eigenvalue weighted by atomic mass is 32.1. The lowest BCUT2D eigenvalue weighted by atomic mass is 10.3. The summed E-state index contributed by atoms with van der Waals surface area (Å²) in [6.07, 6.45) is 5.60. The zero-order chi connectivity index (χ0) is 11.8. The molecule has 0 aliphatic heterocycles. The number of carbonyl (C=O) groups excluding carboxylic acids is 1. The predicted molar refractivity (Wildman–Crippen MR) is 70.5 cm³/mol. The van der Waals surface area contributed by atoms with Crippen molar-refractivity contribution in [1.29, 1.82) is 0 Å². The zero-order valence-electron chi connectivity index (χ0n) is 9.98. The number of hydrogen-bond acceptors (Lipinski definition) is 2. The van der Waals surface area contributed by atoms with Crippen molar-refractivity contribution < 1.29 is 4.79 Å². The van der Waals surface area contributed by atoms with Gasteiger partial charge in [0.25, 0.3) is 0 Å². The van der Waals surface area contributed by atoms with Gasteiger partial charge in [0, 0.05) is 24.0 Å². The van der Waals surface area contributed by atoms with Gasteiger partial charge in [-0.1, -0.05) is 19.9 Å². The molecule has 1 aromatic heterocycles. The Labute approximate surface area is 102 Å². The number of nitrogens with zero attached hydrogens (tertiary/aromatic N) is 1. The quantitative estimate of drug-likeness (QED) is 0.694. The Balaban J connectivity index is 2.54. The summed E-state index contributed by atoms with van der Waals surface area (Å²) in [4.78, 5) is 14.9. The summed E-state index contributed by atoms with van der Waals surface area (Å²) in [6, 6.07) is 4.00. The standard InChI is InChI=1S/C13H19NOS/c1-3-9-14(10-4-2)13(15)8-7-12-6-5-11-16-12/h5-8,11H,3-4,9-10H2,1-2H3. The monoisotopic (exact) mass is 237 g/mol. The van der Waals surface area contributed by atoms with Gasteiger partial charge in [0.15, 0.2) is 0 Å². The second-order valence-corrected chi connectivity index (χ2v) is 4.65. The van der Waals surface area contributed by atoms with Crippen molar-refractivity contribution >= 4 is 23.3 Å². The SMILES string of the molecule is CCCN(CCC)C(=O)C=Cc1cccs1. The smallest absolute Gasteiger partial charge is 0.246 e. The highest BCUT2D eigenvalue weighted by molar-refractivity contribution is 7.10. The topological polar surface area (TPSA) is 20.3 Å². The molecule has 2 nitrogen and oxygen atoms in total. The first-order valence-electron chi connectivity index (χ1n) is 5.78. The maximum Gasteiger partial charge on any atom is 0.246 e. The van der Waals surface area contributed by atoms with Crippen LogP contribution in [-0.2, 0) is 4.79 Å². The molecule has 0 saturated heterocycles. The van der Waals surface area contributed by atoms with Gasteiger partial charge in [-0.05, 0) is 30.4 Å². The molecule has 0 aliphatic carbocycles. The molecule has 0 saturated carbocycles. The second kappa shape index (κ2) is 7.23. The third kappa shape index (κ3) is 4.19. The summed E-state index contributed by atoms with van der Waals surface area (Å²) in [5, 5.41) is 2.01. The molecule has 0 radical (unpaired) electrons. The lowest BCUT2D eigenvalue weighted by Gasteiger charge is -2.19. The number of hydrogen-bond donors (Lipinski definition) is 0. The minimum absolute atomic E-state index is 0.122. The predicted octanol–water partition coefficient (Wildman–Crippen LogP) is 3.41. The van der Waals surface area contributed by atoms with E-state index in [1.165, 1.54) is 0 Å². The average molecular weight is 237 g/mol. The van der Waals surface area contributed by atoms with Crippen molar-refractivity contribution in [3.8, 4) is 0 Å². The Bertz CT molecular complexity index is 324. The normalized spacial score (nSPS) is 10.9. The van der Waals surface area contributed by atoms with E-state index in [9.17, 15) is 4.79 Å². The molecule has 1 amide bonds. The van der Waals surface area contributed by atoms with Gasteiger partial charge in [-0.25, -0.2) is 0 Å². The van der Waals surface area contributed by atoms with Crippen LogP contribution in [0.2, 0.25) is 0 Å². The van der Waals surface area contributed by atoms with Gasteiger partial charge in [0.1, 0.15) is 0 Å². The Kier molecular flexibility index (Phi) is 5.86. The van der Waals surface area contributed by atoms with Crippen LogP contribution in [0.3, 0.4) is 0 Å². The Hall–Kier alpha value is -1.09. The summed E-state index contributed by atoms with van der Waals surface area (Å²) in [6.45, 7) is 5.89. The number of thiophene rings is 1. The summed E-state index contributed by atoms with van der Waals surface area (Å²) >= 11 is 1.65. The summed E-state index contributed by atoms with van der Waals surface area (Å²) < 4.78 is 0. The van der Waals surface area contributed by atoms with Crippen LogP contribution in [0.1, 0.15) is 31.6 Å². The second-order valence-electron chi connectivity index (χ2n) is 3.67. The molecule has 0 spiro atoms. The molecular weight excluding hydrogens is 218 g/mol. The van der Waals surface area contributed by atoms with Crippen LogP contribution in [0.25, 0.3) is 6.08 Å². The Morgan fingerprint density at radius 1 is 1.38 bits per heavy atom. The largest absolute Gasteiger partial charge is 0.339 e. The van der Waals surface area contributed by atoms with E-state index in [1.54, 1.807) is 17.4 Å². The fraction of sp³-hybridized carbons (Fsp3) is 0.462. The lowest BCUT2D eigenvalue weighted by Crippen LogP contribution is -2.30. The van der Waals surface area contributed by atoms with E-state index in [-0.39, 0.29) is 5.91 Å². The van der Waals surface area contributed by atoms with Crippen LogP contribution in [0.5, 0.6) is 0 Å². The molecule has 0 N–H and O–H groups in total. The maximum absolute atomic E-state index is 11.9. The molecule has 1 heterocycles. The van der Waals surface area contributed by atoms with Crippen molar-refractivity contribution in [1.82, 2.24) is 4.90 Å². The van der Waals surface area contributed by atoms with Gasteiger partial charge < -0.3 is 4.90 Å². The molecule has 0 bridgehead atoms. The van der Waals surface area contributed by atoms with Crippen LogP contribution >= 0.6 is 11.3 Å². The van der Waals surface area contributed by atoms with E-state index < -0.39 is 0 Å². The first-order valence-corrected chi connectivity index (χ1v) is 6.66. The van der Waals surface area contributed by atoms with Crippen molar-refractivity contribution in [2.75, 3.05) is 13.1 Å². The van der Waals surface area contributed by atoms with Gasteiger partial charge in [-0.2, -0.15) is 0 Å². The van der Waals surface area contributed by atoms with Crippen LogP contribution < -0.4 is 0 Å².